The van der Waals surface area contributed by atoms with Gasteiger partial charge in [-0.25, -0.2) is 0 Å². The number of hydrogen-bond acceptors (Lipinski definition) is 2. The van der Waals surface area contributed by atoms with Crippen molar-refractivity contribution in [3.05, 3.63) is 0 Å². The fourth-order valence-corrected chi connectivity index (χ4v) is 2.25. The normalized spacial score (nSPS) is 31.2. The lowest BCUT2D eigenvalue weighted by atomic mass is 10.1. The summed E-state index contributed by atoms with van der Waals surface area (Å²) in [5.74, 6) is 0.751. The van der Waals surface area contributed by atoms with Gasteiger partial charge in [-0.1, -0.05) is 29.8 Å². The molecule has 1 fully saturated rings. The van der Waals surface area contributed by atoms with Gasteiger partial charge in [-0.15, -0.1) is 0 Å². The van der Waals surface area contributed by atoms with Gasteiger partial charge in [0, 0.05) is 25.0 Å². The second kappa shape index (κ2) is 5.32. The van der Waals surface area contributed by atoms with Crippen molar-refractivity contribution in [2.45, 2.75) is 33.0 Å². The average Bonchev–Trinajstić information content (AvgIpc) is 2.01. The molecular weight excluding hydrogens is 230 g/mol. The molecule has 1 aliphatic heterocycles. The highest BCUT2D eigenvalue weighted by Gasteiger charge is 2.24. The molecular formula is C10H20BrNO. The van der Waals surface area contributed by atoms with Crippen molar-refractivity contribution < 1.29 is 4.74 Å². The number of nitrogens with zero attached hydrogens (tertiary/aromatic N) is 1. The molecule has 0 aliphatic carbocycles. The molecule has 0 amide bonds. The Balaban J connectivity index is 2.37. The second-order valence-electron chi connectivity index (χ2n) is 4.34. The van der Waals surface area contributed by atoms with Crippen molar-refractivity contribution in [3.8, 4) is 0 Å². The van der Waals surface area contributed by atoms with Gasteiger partial charge in [-0.05, 0) is 12.8 Å². The minimum absolute atomic E-state index is 0.377. The maximum Gasteiger partial charge on any atom is 0.0802 e. The van der Waals surface area contributed by atoms with Crippen LogP contribution in [0.1, 0.15) is 20.8 Å². The Morgan fingerprint density at radius 3 is 2.69 bits per heavy atom. The fourth-order valence-electron chi connectivity index (χ4n) is 1.89. The standard InChI is InChI=1S/C10H20BrNO/c1-8(2)5-12-6-9(3)13-10(4-11)7-12/h8-10H,4-7H2,1-3H3. The molecule has 1 aliphatic rings. The van der Waals surface area contributed by atoms with Crippen molar-refractivity contribution in [2.24, 2.45) is 5.92 Å². The first-order valence-corrected chi connectivity index (χ1v) is 6.17. The van der Waals surface area contributed by atoms with Crippen LogP contribution in [-0.4, -0.2) is 42.1 Å². The predicted octanol–water partition coefficient (Wildman–Crippen LogP) is 2.13. The Bertz CT molecular complexity index is 150. The lowest BCUT2D eigenvalue weighted by molar-refractivity contribution is -0.0677. The van der Waals surface area contributed by atoms with Crippen LogP contribution in [0.2, 0.25) is 0 Å². The topological polar surface area (TPSA) is 12.5 Å². The van der Waals surface area contributed by atoms with Crippen LogP contribution in [0.5, 0.6) is 0 Å². The summed E-state index contributed by atoms with van der Waals surface area (Å²) in [7, 11) is 0. The number of morpholine rings is 1. The summed E-state index contributed by atoms with van der Waals surface area (Å²) in [5.41, 5.74) is 0. The van der Waals surface area contributed by atoms with Crippen molar-refractivity contribution in [2.75, 3.05) is 25.0 Å². The van der Waals surface area contributed by atoms with E-state index >= 15 is 0 Å². The number of ether oxygens (including phenoxy) is 1. The zero-order valence-electron chi connectivity index (χ0n) is 8.79. The highest BCUT2D eigenvalue weighted by molar-refractivity contribution is 9.09. The third-order valence-corrected chi connectivity index (χ3v) is 2.92. The lowest BCUT2D eigenvalue weighted by Gasteiger charge is -2.36. The van der Waals surface area contributed by atoms with E-state index in [9.17, 15) is 0 Å². The zero-order chi connectivity index (χ0) is 9.84. The molecule has 0 N–H and O–H groups in total. The van der Waals surface area contributed by atoms with Crippen LogP contribution in [0, 0.1) is 5.92 Å². The number of rotatable bonds is 3. The van der Waals surface area contributed by atoms with Gasteiger partial charge >= 0.3 is 0 Å². The van der Waals surface area contributed by atoms with E-state index < -0.39 is 0 Å². The van der Waals surface area contributed by atoms with Gasteiger partial charge in [-0.3, -0.25) is 4.90 Å². The molecule has 78 valence electrons. The first-order valence-electron chi connectivity index (χ1n) is 5.05. The Morgan fingerprint density at radius 1 is 1.46 bits per heavy atom. The van der Waals surface area contributed by atoms with Crippen molar-refractivity contribution >= 4 is 15.9 Å². The predicted molar refractivity (Wildman–Crippen MR) is 59.4 cm³/mol. The van der Waals surface area contributed by atoms with Gasteiger partial charge in [0.25, 0.3) is 0 Å². The molecule has 1 rings (SSSR count). The quantitative estimate of drug-likeness (QED) is 0.711. The smallest absolute Gasteiger partial charge is 0.0802 e. The molecule has 0 bridgehead atoms. The molecule has 2 unspecified atom stereocenters. The Labute approximate surface area is 89.8 Å². The van der Waals surface area contributed by atoms with E-state index in [0.717, 1.165) is 24.3 Å². The molecule has 1 saturated heterocycles. The number of halogens is 1. The summed E-state index contributed by atoms with van der Waals surface area (Å²) in [6, 6.07) is 0. The van der Waals surface area contributed by atoms with E-state index in [1.165, 1.54) is 6.54 Å². The Kier molecular flexibility index (Phi) is 4.70. The lowest BCUT2D eigenvalue weighted by Crippen LogP contribution is -2.48. The molecule has 0 saturated carbocycles. The molecule has 0 aromatic heterocycles. The molecule has 0 aromatic carbocycles. The van der Waals surface area contributed by atoms with E-state index in [1.54, 1.807) is 0 Å². The summed E-state index contributed by atoms with van der Waals surface area (Å²) >= 11 is 3.48. The Morgan fingerprint density at radius 2 is 2.15 bits per heavy atom. The molecule has 3 heteroatoms. The van der Waals surface area contributed by atoms with Crippen molar-refractivity contribution in [3.63, 3.8) is 0 Å². The minimum Gasteiger partial charge on any atom is -0.372 e. The monoisotopic (exact) mass is 249 g/mol. The van der Waals surface area contributed by atoms with Gasteiger partial charge in [0.05, 0.1) is 12.2 Å². The zero-order valence-corrected chi connectivity index (χ0v) is 10.4. The van der Waals surface area contributed by atoms with Gasteiger partial charge in [0.15, 0.2) is 0 Å². The van der Waals surface area contributed by atoms with E-state index in [2.05, 4.69) is 41.6 Å². The fraction of sp³-hybridized carbons (Fsp3) is 1.00. The molecule has 2 atom stereocenters. The van der Waals surface area contributed by atoms with Crippen LogP contribution in [0.25, 0.3) is 0 Å². The average molecular weight is 250 g/mol. The van der Waals surface area contributed by atoms with Crippen LogP contribution in [-0.2, 0) is 4.74 Å². The van der Waals surface area contributed by atoms with E-state index in [0.29, 0.717) is 12.2 Å². The van der Waals surface area contributed by atoms with Crippen molar-refractivity contribution in [1.29, 1.82) is 0 Å². The maximum absolute atomic E-state index is 5.76. The first-order chi connectivity index (χ1) is 6.11. The van der Waals surface area contributed by atoms with Gasteiger partial charge in [0.1, 0.15) is 0 Å². The van der Waals surface area contributed by atoms with Gasteiger partial charge in [-0.2, -0.15) is 0 Å². The third kappa shape index (κ3) is 3.96. The first kappa shape index (κ1) is 11.5. The van der Waals surface area contributed by atoms with E-state index in [1.807, 2.05) is 0 Å². The van der Waals surface area contributed by atoms with Crippen LogP contribution in [0.15, 0.2) is 0 Å². The van der Waals surface area contributed by atoms with Crippen LogP contribution < -0.4 is 0 Å². The highest BCUT2D eigenvalue weighted by atomic mass is 79.9. The number of alkyl halides is 1. The summed E-state index contributed by atoms with van der Waals surface area (Å²) in [6.07, 6.45) is 0.762. The van der Waals surface area contributed by atoms with Crippen LogP contribution >= 0.6 is 15.9 Å². The van der Waals surface area contributed by atoms with E-state index in [-0.39, 0.29) is 0 Å². The molecule has 0 spiro atoms. The molecule has 0 radical (unpaired) electrons. The molecule has 0 aromatic rings. The number of hydrogen-bond donors (Lipinski definition) is 0. The van der Waals surface area contributed by atoms with E-state index in [4.69, 9.17) is 4.74 Å². The Hall–Kier alpha value is 0.400. The summed E-state index contributed by atoms with van der Waals surface area (Å²) in [4.78, 5) is 2.50. The van der Waals surface area contributed by atoms with Gasteiger partial charge in [0.2, 0.25) is 0 Å². The highest BCUT2D eigenvalue weighted by Crippen LogP contribution is 2.14. The molecule has 13 heavy (non-hydrogen) atoms. The largest absolute Gasteiger partial charge is 0.372 e. The van der Waals surface area contributed by atoms with Crippen molar-refractivity contribution in [1.82, 2.24) is 4.90 Å². The summed E-state index contributed by atoms with van der Waals surface area (Å²) < 4.78 is 5.76. The molecule has 2 nitrogen and oxygen atoms in total. The SMILES string of the molecule is CC(C)CN1CC(C)OC(CBr)C1. The summed E-state index contributed by atoms with van der Waals surface area (Å²) in [6.45, 7) is 10.0. The minimum atomic E-state index is 0.377. The third-order valence-electron chi connectivity index (χ3n) is 2.20. The maximum atomic E-state index is 5.76. The van der Waals surface area contributed by atoms with Gasteiger partial charge < -0.3 is 4.74 Å². The van der Waals surface area contributed by atoms with Crippen LogP contribution in [0.4, 0.5) is 0 Å². The van der Waals surface area contributed by atoms with Crippen LogP contribution in [0.3, 0.4) is 0 Å². The summed E-state index contributed by atoms with van der Waals surface area (Å²) in [5, 5.41) is 0.950. The second-order valence-corrected chi connectivity index (χ2v) is 4.98. The molecule has 1 heterocycles.